The summed E-state index contributed by atoms with van der Waals surface area (Å²) in [5.74, 6) is 1.39. The first kappa shape index (κ1) is 11.9. The van der Waals surface area contributed by atoms with Gasteiger partial charge in [-0.3, -0.25) is 9.97 Å². The van der Waals surface area contributed by atoms with Gasteiger partial charge in [0.05, 0.1) is 6.20 Å². The van der Waals surface area contributed by atoms with Gasteiger partial charge in [-0.15, -0.1) is 0 Å². The second-order valence-corrected chi connectivity index (χ2v) is 4.93. The third kappa shape index (κ3) is 2.37. The van der Waals surface area contributed by atoms with E-state index in [1.54, 1.807) is 24.8 Å². The van der Waals surface area contributed by atoms with Gasteiger partial charge in [0.2, 0.25) is 0 Å². The molecule has 3 rings (SSSR count). The van der Waals surface area contributed by atoms with E-state index >= 15 is 0 Å². The van der Waals surface area contributed by atoms with Crippen LogP contribution in [0.4, 0.5) is 5.69 Å². The molecule has 0 saturated heterocycles. The van der Waals surface area contributed by atoms with Gasteiger partial charge >= 0.3 is 0 Å². The van der Waals surface area contributed by atoms with Crippen molar-refractivity contribution >= 4 is 32.4 Å². The van der Waals surface area contributed by atoms with Crippen molar-refractivity contribution in [1.82, 2.24) is 9.97 Å². The largest absolute Gasteiger partial charge is 0.455 e. The number of halogens is 1. The molecule has 0 amide bonds. The Kier molecular flexibility index (Phi) is 3.05. The third-order valence-corrected chi connectivity index (χ3v) is 3.15. The molecule has 2 N–H and O–H groups in total. The Morgan fingerprint density at radius 2 is 1.89 bits per heavy atom. The second kappa shape index (κ2) is 4.85. The minimum atomic E-state index is 0.664. The van der Waals surface area contributed by atoms with Gasteiger partial charge in [-0.1, -0.05) is 0 Å². The Hall–Kier alpha value is -2.14. The van der Waals surface area contributed by atoms with Crippen molar-refractivity contribution in [1.29, 1.82) is 0 Å². The van der Waals surface area contributed by atoms with E-state index in [1.165, 1.54) is 0 Å². The minimum absolute atomic E-state index is 0.664. The van der Waals surface area contributed by atoms with Crippen molar-refractivity contribution in [3.63, 3.8) is 0 Å². The summed E-state index contributed by atoms with van der Waals surface area (Å²) in [5, 5.41) is 1.80. The molecule has 0 aliphatic rings. The van der Waals surface area contributed by atoms with Gasteiger partial charge in [-0.2, -0.15) is 0 Å². The number of hydrogen-bond donors (Lipinski definition) is 1. The van der Waals surface area contributed by atoms with E-state index in [4.69, 9.17) is 10.5 Å². The van der Waals surface area contributed by atoms with Crippen LogP contribution in [0.3, 0.4) is 0 Å². The molecule has 2 heterocycles. The Balaban J connectivity index is 2.09. The molecule has 0 aliphatic carbocycles. The van der Waals surface area contributed by atoms with Gasteiger partial charge in [0, 0.05) is 39.5 Å². The molecule has 0 spiro atoms. The maximum atomic E-state index is 5.93. The van der Waals surface area contributed by atoms with E-state index in [-0.39, 0.29) is 0 Å². The number of fused-ring (bicyclic) bond motifs is 1. The quantitative estimate of drug-likeness (QED) is 0.731. The van der Waals surface area contributed by atoms with Crippen LogP contribution < -0.4 is 10.5 Å². The summed E-state index contributed by atoms with van der Waals surface area (Å²) in [6.07, 6.45) is 6.82. The zero-order chi connectivity index (χ0) is 13.2. The van der Waals surface area contributed by atoms with Gasteiger partial charge < -0.3 is 10.5 Å². The van der Waals surface area contributed by atoms with Crippen molar-refractivity contribution < 1.29 is 4.74 Å². The number of benzene rings is 1. The first-order valence-electron chi connectivity index (χ1n) is 5.64. The number of nitrogens with two attached hydrogens (primary N) is 1. The molecule has 4 nitrogen and oxygen atoms in total. The van der Waals surface area contributed by atoms with Crippen LogP contribution in [0.1, 0.15) is 0 Å². The van der Waals surface area contributed by atoms with Crippen molar-refractivity contribution in [2.75, 3.05) is 5.73 Å². The highest BCUT2D eigenvalue weighted by atomic mass is 79.9. The van der Waals surface area contributed by atoms with E-state index in [0.29, 0.717) is 11.4 Å². The zero-order valence-corrected chi connectivity index (χ0v) is 11.5. The van der Waals surface area contributed by atoms with E-state index in [2.05, 4.69) is 25.9 Å². The molecule has 0 saturated carbocycles. The Morgan fingerprint density at radius 3 is 2.74 bits per heavy atom. The van der Waals surface area contributed by atoms with Gasteiger partial charge in [-0.25, -0.2) is 0 Å². The van der Waals surface area contributed by atoms with E-state index in [9.17, 15) is 0 Å². The van der Waals surface area contributed by atoms with Gasteiger partial charge in [-0.05, 0) is 40.2 Å². The summed E-state index contributed by atoms with van der Waals surface area (Å²) in [4.78, 5) is 8.15. The summed E-state index contributed by atoms with van der Waals surface area (Å²) in [5.41, 5.74) is 6.61. The number of nitrogens with zero attached hydrogens (tertiary/aromatic N) is 2. The van der Waals surface area contributed by atoms with Crippen molar-refractivity contribution in [2.24, 2.45) is 0 Å². The monoisotopic (exact) mass is 315 g/mol. The molecule has 19 heavy (non-hydrogen) atoms. The highest BCUT2D eigenvalue weighted by molar-refractivity contribution is 9.10. The summed E-state index contributed by atoms with van der Waals surface area (Å²) in [7, 11) is 0. The highest BCUT2D eigenvalue weighted by Gasteiger charge is 2.06. The van der Waals surface area contributed by atoms with Crippen LogP contribution in [0.5, 0.6) is 11.5 Å². The van der Waals surface area contributed by atoms with Crippen molar-refractivity contribution in [2.45, 2.75) is 0 Å². The van der Waals surface area contributed by atoms with Crippen molar-refractivity contribution in [3.8, 4) is 11.5 Å². The normalized spacial score (nSPS) is 10.6. The lowest BCUT2D eigenvalue weighted by atomic mass is 10.1. The average Bonchev–Trinajstić information content (AvgIpc) is 2.42. The van der Waals surface area contributed by atoms with Gasteiger partial charge in [0.1, 0.15) is 11.5 Å². The van der Waals surface area contributed by atoms with E-state index < -0.39 is 0 Å². The van der Waals surface area contributed by atoms with Gasteiger partial charge in [0.25, 0.3) is 0 Å². The molecule has 0 aliphatic heterocycles. The zero-order valence-electron chi connectivity index (χ0n) is 9.88. The number of aromatic nitrogens is 2. The lowest BCUT2D eigenvalue weighted by Crippen LogP contribution is -1.91. The van der Waals surface area contributed by atoms with Crippen LogP contribution in [-0.4, -0.2) is 9.97 Å². The fourth-order valence-electron chi connectivity index (χ4n) is 1.85. The maximum absolute atomic E-state index is 5.93. The number of rotatable bonds is 2. The molecule has 0 fully saturated rings. The third-order valence-electron chi connectivity index (χ3n) is 2.72. The van der Waals surface area contributed by atoms with E-state index in [1.807, 2.05) is 24.3 Å². The molecule has 5 heteroatoms. The predicted molar refractivity (Wildman–Crippen MR) is 78.2 cm³/mol. The fraction of sp³-hybridized carbons (Fsp3) is 0. The minimum Gasteiger partial charge on any atom is -0.455 e. The first-order chi connectivity index (χ1) is 9.24. The SMILES string of the molecule is Nc1ccc(Oc2cncc(Br)c2)c2ccncc12. The molecule has 94 valence electrons. The van der Waals surface area contributed by atoms with Gasteiger partial charge in [0.15, 0.2) is 0 Å². The number of pyridine rings is 2. The fourth-order valence-corrected chi connectivity index (χ4v) is 2.19. The number of anilines is 1. The van der Waals surface area contributed by atoms with Crippen LogP contribution in [0.2, 0.25) is 0 Å². The summed E-state index contributed by atoms with van der Waals surface area (Å²) in [6.45, 7) is 0. The molecular weight excluding hydrogens is 306 g/mol. The standard InChI is InChI=1S/C14H10BrN3O/c15-9-5-10(7-18-6-9)19-14-2-1-13(16)12-8-17-4-3-11(12)14/h1-8H,16H2. The van der Waals surface area contributed by atoms with Crippen LogP contribution in [0, 0.1) is 0 Å². The lowest BCUT2D eigenvalue weighted by molar-refractivity contribution is 0.485. The molecule has 3 aromatic rings. The average molecular weight is 316 g/mol. The Labute approximate surface area is 118 Å². The van der Waals surface area contributed by atoms with E-state index in [0.717, 1.165) is 21.0 Å². The van der Waals surface area contributed by atoms with Crippen LogP contribution in [-0.2, 0) is 0 Å². The maximum Gasteiger partial charge on any atom is 0.146 e. The first-order valence-corrected chi connectivity index (χ1v) is 6.44. The highest BCUT2D eigenvalue weighted by Crippen LogP contribution is 2.32. The Bertz CT molecular complexity index is 746. The Morgan fingerprint density at radius 1 is 1.00 bits per heavy atom. The lowest BCUT2D eigenvalue weighted by Gasteiger charge is -2.10. The summed E-state index contributed by atoms with van der Waals surface area (Å²) >= 11 is 3.36. The number of nitrogen functional groups attached to an aromatic ring is 1. The molecule has 0 atom stereocenters. The molecular formula is C14H10BrN3O. The molecule has 1 aromatic carbocycles. The van der Waals surface area contributed by atoms with Crippen LogP contribution in [0.15, 0.2) is 53.5 Å². The topological polar surface area (TPSA) is 61.0 Å². The molecule has 0 radical (unpaired) electrons. The smallest absolute Gasteiger partial charge is 0.146 e. The molecule has 2 aromatic heterocycles. The van der Waals surface area contributed by atoms with Crippen molar-refractivity contribution in [3.05, 3.63) is 53.5 Å². The second-order valence-electron chi connectivity index (χ2n) is 4.02. The summed E-state index contributed by atoms with van der Waals surface area (Å²) < 4.78 is 6.72. The molecule has 0 bridgehead atoms. The number of ether oxygens (including phenoxy) is 1. The molecule has 0 unspecified atom stereocenters. The van der Waals surface area contributed by atoms with Crippen LogP contribution >= 0.6 is 15.9 Å². The van der Waals surface area contributed by atoms with Crippen LogP contribution in [0.25, 0.3) is 10.8 Å². The summed E-state index contributed by atoms with van der Waals surface area (Å²) in [6, 6.07) is 7.39. The number of hydrogen-bond acceptors (Lipinski definition) is 4. The predicted octanol–water partition coefficient (Wildman–Crippen LogP) is 3.77.